The molecule has 1 aromatic carbocycles. The topological polar surface area (TPSA) is 55.1 Å². The average Bonchev–Trinajstić information content (AvgIpc) is 2.86. The van der Waals surface area contributed by atoms with Gasteiger partial charge in [-0.25, -0.2) is 0 Å². The fraction of sp³-hybridized carbons (Fsp3) is 0.471. The maximum absolute atomic E-state index is 12.3. The number of carbonyl (C=O) groups is 1. The van der Waals surface area contributed by atoms with Crippen LogP contribution < -0.4 is 11.1 Å². The van der Waals surface area contributed by atoms with Crippen molar-refractivity contribution in [1.82, 2.24) is 5.32 Å². The zero-order valence-electron chi connectivity index (χ0n) is 12.2. The van der Waals surface area contributed by atoms with E-state index in [-0.39, 0.29) is 5.91 Å². The largest absolute Gasteiger partial charge is 0.397 e. The lowest BCUT2D eigenvalue weighted by molar-refractivity contribution is 0.0955. The third-order valence-corrected chi connectivity index (χ3v) is 5.59. The number of amides is 1. The summed E-state index contributed by atoms with van der Waals surface area (Å²) in [6.45, 7) is 0.761. The summed E-state index contributed by atoms with van der Waals surface area (Å²) >= 11 is 1.48. The summed E-state index contributed by atoms with van der Waals surface area (Å²) in [6, 6.07) is 7.91. The predicted molar refractivity (Wildman–Crippen MR) is 89.8 cm³/mol. The Kier molecular flexibility index (Phi) is 4.44. The number of carbonyl (C=O) groups excluding carboxylic acids is 1. The fourth-order valence-electron chi connectivity index (χ4n) is 3.18. The van der Waals surface area contributed by atoms with Gasteiger partial charge in [0.05, 0.1) is 5.69 Å². The predicted octanol–water partition coefficient (Wildman–Crippen LogP) is 4.18. The Hall–Kier alpha value is -1.55. The number of fused-ring (bicyclic) bond motifs is 1. The summed E-state index contributed by atoms with van der Waals surface area (Å²) in [5.41, 5.74) is 6.72. The van der Waals surface area contributed by atoms with Gasteiger partial charge in [0.25, 0.3) is 5.91 Å². The van der Waals surface area contributed by atoms with E-state index < -0.39 is 0 Å². The first kappa shape index (κ1) is 14.4. The molecule has 0 spiro atoms. The van der Waals surface area contributed by atoms with Gasteiger partial charge in [0.1, 0.15) is 4.88 Å². The molecule has 1 heterocycles. The Morgan fingerprint density at radius 3 is 2.76 bits per heavy atom. The molecule has 1 aliphatic carbocycles. The van der Waals surface area contributed by atoms with Crippen molar-refractivity contribution in [2.24, 2.45) is 5.92 Å². The maximum Gasteiger partial charge on any atom is 0.263 e. The standard InChI is InChI=1S/C17H22N2OS/c18-15-13-8-4-5-9-14(13)21-16(15)17(20)19-11-10-12-6-2-1-3-7-12/h4-5,8-9,12H,1-3,6-7,10-11,18H2,(H,19,20). The number of anilines is 1. The molecule has 1 saturated carbocycles. The van der Waals surface area contributed by atoms with Crippen LogP contribution in [0.4, 0.5) is 5.69 Å². The van der Waals surface area contributed by atoms with Crippen molar-refractivity contribution >= 4 is 33.0 Å². The molecule has 112 valence electrons. The number of hydrogen-bond acceptors (Lipinski definition) is 3. The highest BCUT2D eigenvalue weighted by Crippen LogP contribution is 2.33. The van der Waals surface area contributed by atoms with Crippen LogP contribution in [0.5, 0.6) is 0 Å². The lowest BCUT2D eigenvalue weighted by Gasteiger charge is -2.21. The van der Waals surface area contributed by atoms with Crippen LogP contribution in [-0.4, -0.2) is 12.5 Å². The monoisotopic (exact) mass is 302 g/mol. The van der Waals surface area contributed by atoms with E-state index in [9.17, 15) is 4.79 Å². The zero-order chi connectivity index (χ0) is 14.7. The van der Waals surface area contributed by atoms with E-state index in [2.05, 4.69) is 5.32 Å². The molecule has 1 aliphatic rings. The number of hydrogen-bond donors (Lipinski definition) is 2. The van der Waals surface area contributed by atoms with Gasteiger partial charge < -0.3 is 11.1 Å². The van der Waals surface area contributed by atoms with Gasteiger partial charge in [-0.1, -0.05) is 50.3 Å². The van der Waals surface area contributed by atoms with Crippen molar-refractivity contribution in [2.45, 2.75) is 38.5 Å². The minimum absolute atomic E-state index is 0.0236. The molecule has 0 aliphatic heterocycles. The molecule has 0 saturated heterocycles. The first-order valence-electron chi connectivity index (χ1n) is 7.81. The molecule has 0 bridgehead atoms. The summed E-state index contributed by atoms with van der Waals surface area (Å²) in [5.74, 6) is 0.767. The maximum atomic E-state index is 12.3. The number of nitrogen functional groups attached to an aromatic ring is 1. The van der Waals surface area contributed by atoms with Crippen LogP contribution in [0.2, 0.25) is 0 Å². The molecule has 4 heteroatoms. The molecule has 1 amide bonds. The lowest BCUT2D eigenvalue weighted by Crippen LogP contribution is -2.26. The Morgan fingerprint density at radius 1 is 1.24 bits per heavy atom. The molecule has 0 unspecified atom stereocenters. The van der Waals surface area contributed by atoms with Crippen molar-refractivity contribution in [3.05, 3.63) is 29.1 Å². The summed E-state index contributed by atoms with van der Waals surface area (Å²) in [4.78, 5) is 12.9. The first-order chi connectivity index (χ1) is 10.3. The number of nitrogens with two attached hydrogens (primary N) is 1. The molecule has 21 heavy (non-hydrogen) atoms. The van der Waals surface area contributed by atoms with Crippen molar-refractivity contribution in [1.29, 1.82) is 0 Å². The van der Waals surface area contributed by atoms with Gasteiger partial charge in [0, 0.05) is 16.6 Å². The second kappa shape index (κ2) is 6.48. The summed E-state index contributed by atoms with van der Waals surface area (Å²) < 4.78 is 1.08. The molecule has 2 aromatic rings. The normalized spacial score (nSPS) is 16.2. The van der Waals surface area contributed by atoms with Crippen LogP contribution in [0, 0.1) is 5.92 Å². The molecule has 3 N–H and O–H groups in total. The molecule has 0 atom stereocenters. The van der Waals surface area contributed by atoms with Crippen LogP contribution in [-0.2, 0) is 0 Å². The van der Waals surface area contributed by atoms with Gasteiger partial charge in [0.2, 0.25) is 0 Å². The minimum Gasteiger partial charge on any atom is -0.397 e. The zero-order valence-corrected chi connectivity index (χ0v) is 13.0. The molecule has 3 nitrogen and oxygen atoms in total. The van der Waals surface area contributed by atoms with Gasteiger partial charge in [-0.15, -0.1) is 11.3 Å². The van der Waals surface area contributed by atoms with Gasteiger partial charge in [-0.3, -0.25) is 4.79 Å². The minimum atomic E-state index is -0.0236. The molecular formula is C17H22N2OS. The van der Waals surface area contributed by atoms with E-state index >= 15 is 0 Å². The quantitative estimate of drug-likeness (QED) is 0.890. The Morgan fingerprint density at radius 2 is 2.00 bits per heavy atom. The smallest absolute Gasteiger partial charge is 0.263 e. The number of nitrogens with one attached hydrogen (secondary N) is 1. The second-order valence-corrected chi connectivity index (χ2v) is 6.94. The van der Waals surface area contributed by atoms with Crippen LogP contribution in [0.3, 0.4) is 0 Å². The molecule has 3 rings (SSSR count). The third kappa shape index (κ3) is 3.21. The Balaban J connectivity index is 1.60. The fourth-order valence-corrected chi connectivity index (χ4v) is 4.22. The Labute approximate surface area is 129 Å². The summed E-state index contributed by atoms with van der Waals surface area (Å²) in [5, 5.41) is 4.03. The van der Waals surface area contributed by atoms with Gasteiger partial charge in [-0.2, -0.15) is 0 Å². The van der Waals surface area contributed by atoms with Crippen LogP contribution in [0.15, 0.2) is 24.3 Å². The van der Waals surface area contributed by atoms with E-state index in [0.29, 0.717) is 10.6 Å². The number of benzene rings is 1. The SMILES string of the molecule is Nc1c(C(=O)NCCC2CCCCC2)sc2ccccc12. The highest BCUT2D eigenvalue weighted by Gasteiger charge is 2.17. The van der Waals surface area contributed by atoms with Crippen LogP contribution >= 0.6 is 11.3 Å². The number of thiophene rings is 1. The van der Waals surface area contributed by atoms with Gasteiger partial charge in [0.15, 0.2) is 0 Å². The third-order valence-electron chi connectivity index (χ3n) is 4.40. The average molecular weight is 302 g/mol. The van der Waals surface area contributed by atoms with Crippen molar-refractivity contribution in [3.63, 3.8) is 0 Å². The second-order valence-electron chi connectivity index (χ2n) is 5.89. The molecule has 1 aromatic heterocycles. The Bertz CT molecular complexity index is 629. The van der Waals surface area contributed by atoms with E-state index in [0.717, 1.165) is 29.0 Å². The van der Waals surface area contributed by atoms with E-state index in [1.54, 1.807) is 0 Å². The summed E-state index contributed by atoms with van der Waals surface area (Å²) in [6.07, 6.45) is 7.81. The van der Waals surface area contributed by atoms with Crippen LogP contribution in [0.1, 0.15) is 48.2 Å². The highest BCUT2D eigenvalue weighted by molar-refractivity contribution is 7.21. The van der Waals surface area contributed by atoms with Crippen LogP contribution in [0.25, 0.3) is 10.1 Å². The number of rotatable bonds is 4. The van der Waals surface area contributed by atoms with Gasteiger partial charge >= 0.3 is 0 Å². The van der Waals surface area contributed by atoms with Crippen molar-refractivity contribution < 1.29 is 4.79 Å². The molecule has 1 fully saturated rings. The van der Waals surface area contributed by atoms with Gasteiger partial charge in [-0.05, 0) is 18.4 Å². The lowest BCUT2D eigenvalue weighted by atomic mass is 9.87. The van der Waals surface area contributed by atoms with Crippen molar-refractivity contribution in [2.75, 3.05) is 12.3 Å². The van der Waals surface area contributed by atoms with Crippen molar-refractivity contribution in [3.8, 4) is 0 Å². The molecule has 0 radical (unpaired) electrons. The van der Waals surface area contributed by atoms with E-state index in [1.165, 1.54) is 43.4 Å². The summed E-state index contributed by atoms with van der Waals surface area (Å²) in [7, 11) is 0. The highest BCUT2D eigenvalue weighted by atomic mass is 32.1. The van der Waals surface area contributed by atoms with E-state index in [4.69, 9.17) is 5.73 Å². The molecular weight excluding hydrogens is 280 g/mol. The first-order valence-corrected chi connectivity index (χ1v) is 8.62. The van der Waals surface area contributed by atoms with E-state index in [1.807, 2.05) is 24.3 Å².